The molecular weight excluding hydrogens is 339 g/mol. The van der Waals surface area contributed by atoms with Gasteiger partial charge in [-0.05, 0) is 44.0 Å². The van der Waals surface area contributed by atoms with E-state index < -0.39 is 6.36 Å². The van der Waals surface area contributed by atoms with Crippen LogP contribution >= 0.6 is 15.9 Å². The van der Waals surface area contributed by atoms with Crippen molar-refractivity contribution in [3.8, 4) is 5.75 Å². The van der Waals surface area contributed by atoms with E-state index in [2.05, 4.69) is 26.0 Å². The van der Waals surface area contributed by atoms with Crippen LogP contribution in [0.25, 0.3) is 0 Å². The molecule has 1 amide bonds. The molecule has 0 aromatic heterocycles. The first kappa shape index (κ1) is 16.8. The Balaban J connectivity index is 2.57. The molecule has 0 heterocycles. The van der Waals surface area contributed by atoms with Crippen molar-refractivity contribution in [3.63, 3.8) is 0 Å². The van der Waals surface area contributed by atoms with E-state index in [1.165, 1.54) is 12.1 Å². The zero-order valence-corrected chi connectivity index (χ0v) is 12.4. The number of carbonyl (C=O) groups is 1. The maximum Gasteiger partial charge on any atom is 0.573 e. The minimum atomic E-state index is -4.73. The smallest absolute Gasteiger partial charge is 0.406 e. The largest absolute Gasteiger partial charge is 0.573 e. The summed E-state index contributed by atoms with van der Waals surface area (Å²) in [7, 11) is 0. The van der Waals surface area contributed by atoms with Gasteiger partial charge >= 0.3 is 6.36 Å². The lowest BCUT2D eigenvalue weighted by molar-refractivity contribution is -0.274. The number of amides is 1. The highest BCUT2D eigenvalue weighted by Gasteiger charge is 2.31. The molecule has 7 heteroatoms. The van der Waals surface area contributed by atoms with E-state index in [0.29, 0.717) is 5.56 Å². The molecule has 0 aliphatic rings. The number of rotatable bonds is 6. The van der Waals surface area contributed by atoms with Gasteiger partial charge in [0.15, 0.2) is 0 Å². The molecule has 20 heavy (non-hydrogen) atoms. The fourth-order valence-corrected chi connectivity index (χ4v) is 1.89. The topological polar surface area (TPSA) is 38.3 Å². The van der Waals surface area contributed by atoms with Crippen LogP contribution in [0.4, 0.5) is 13.2 Å². The normalized spacial score (nSPS) is 12.8. The molecule has 1 N–H and O–H groups in total. The number of benzene rings is 1. The number of carbonyl (C=O) groups excluding carboxylic acids is 1. The third-order valence-electron chi connectivity index (χ3n) is 2.50. The van der Waals surface area contributed by atoms with Gasteiger partial charge in [0.05, 0.1) is 0 Å². The Morgan fingerprint density at radius 2 is 1.95 bits per heavy atom. The number of ether oxygens (including phenoxy) is 1. The first-order chi connectivity index (χ1) is 9.31. The van der Waals surface area contributed by atoms with Crippen LogP contribution in [-0.4, -0.2) is 23.6 Å². The monoisotopic (exact) mass is 353 g/mol. The summed E-state index contributed by atoms with van der Waals surface area (Å²) in [6, 6.07) is 4.84. The van der Waals surface area contributed by atoms with Crippen molar-refractivity contribution in [1.82, 2.24) is 5.32 Å². The Kier molecular flexibility index (Phi) is 6.32. The fraction of sp³-hybridized carbons (Fsp3) is 0.462. The minimum absolute atomic E-state index is 0.00570. The Morgan fingerprint density at radius 1 is 1.35 bits per heavy atom. The van der Waals surface area contributed by atoms with Gasteiger partial charge in [0.2, 0.25) is 0 Å². The van der Waals surface area contributed by atoms with E-state index >= 15 is 0 Å². The van der Waals surface area contributed by atoms with Gasteiger partial charge in [0, 0.05) is 16.9 Å². The van der Waals surface area contributed by atoms with E-state index in [0.717, 1.165) is 30.3 Å². The van der Waals surface area contributed by atoms with Crippen LogP contribution < -0.4 is 10.1 Å². The Bertz CT molecular complexity index is 434. The van der Waals surface area contributed by atoms with Gasteiger partial charge in [-0.1, -0.05) is 15.9 Å². The molecule has 0 saturated carbocycles. The van der Waals surface area contributed by atoms with Crippen molar-refractivity contribution >= 4 is 21.8 Å². The third-order valence-corrected chi connectivity index (χ3v) is 3.06. The predicted molar refractivity (Wildman–Crippen MR) is 73.1 cm³/mol. The molecule has 112 valence electrons. The highest BCUT2D eigenvalue weighted by molar-refractivity contribution is 9.09. The van der Waals surface area contributed by atoms with Crippen LogP contribution in [0.1, 0.15) is 30.1 Å². The van der Waals surface area contributed by atoms with Crippen LogP contribution in [-0.2, 0) is 0 Å². The zero-order chi connectivity index (χ0) is 15.2. The number of hydrogen-bond acceptors (Lipinski definition) is 2. The molecule has 0 aliphatic carbocycles. The van der Waals surface area contributed by atoms with Crippen LogP contribution in [0.3, 0.4) is 0 Å². The molecule has 1 atom stereocenters. The average molecular weight is 354 g/mol. The predicted octanol–water partition coefficient (Wildman–Crippen LogP) is 3.88. The second-order valence-corrected chi connectivity index (χ2v) is 5.07. The SMILES string of the molecule is CC(CCCBr)NC(=O)c1ccc(OC(F)(F)F)cc1. The number of alkyl halides is 4. The Labute approximate surface area is 123 Å². The molecule has 0 radical (unpaired) electrons. The summed E-state index contributed by atoms with van der Waals surface area (Å²) >= 11 is 3.30. The summed E-state index contributed by atoms with van der Waals surface area (Å²) in [4.78, 5) is 11.8. The molecule has 0 aliphatic heterocycles. The molecule has 3 nitrogen and oxygen atoms in total. The van der Waals surface area contributed by atoms with E-state index in [4.69, 9.17) is 0 Å². The molecule has 1 aromatic rings. The molecule has 0 spiro atoms. The maximum atomic E-state index is 12.0. The van der Waals surface area contributed by atoms with Gasteiger partial charge in [-0.15, -0.1) is 13.2 Å². The first-order valence-electron chi connectivity index (χ1n) is 6.04. The number of hydrogen-bond donors (Lipinski definition) is 1. The quantitative estimate of drug-likeness (QED) is 0.788. The van der Waals surface area contributed by atoms with Crippen molar-refractivity contribution in [2.45, 2.75) is 32.2 Å². The van der Waals surface area contributed by atoms with Gasteiger partial charge in [0.1, 0.15) is 5.75 Å². The lowest BCUT2D eigenvalue weighted by atomic mass is 10.1. The van der Waals surface area contributed by atoms with Crippen LogP contribution in [0.15, 0.2) is 24.3 Å². The van der Waals surface area contributed by atoms with E-state index in [1.54, 1.807) is 0 Å². The second-order valence-electron chi connectivity index (χ2n) is 4.28. The summed E-state index contributed by atoms with van der Waals surface area (Å²) in [5.74, 6) is -0.660. The van der Waals surface area contributed by atoms with Crippen molar-refractivity contribution in [2.24, 2.45) is 0 Å². The van der Waals surface area contributed by atoms with Crippen molar-refractivity contribution < 1.29 is 22.7 Å². The second kappa shape index (κ2) is 7.52. The van der Waals surface area contributed by atoms with Crippen LogP contribution in [0.5, 0.6) is 5.75 Å². The lowest BCUT2D eigenvalue weighted by Crippen LogP contribution is -2.32. The maximum absolute atomic E-state index is 12.0. The zero-order valence-electron chi connectivity index (χ0n) is 10.8. The summed E-state index contributed by atoms with van der Waals surface area (Å²) in [6.07, 6.45) is -2.97. The standard InChI is InChI=1S/C13H15BrF3NO2/c1-9(3-2-8-14)18-12(19)10-4-6-11(7-5-10)20-13(15,16)17/h4-7,9H,2-3,8H2,1H3,(H,18,19). The highest BCUT2D eigenvalue weighted by Crippen LogP contribution is 2.22. The average Bonchev–Trinajstić information content (AvgIpc) is 2.35. The third kappa shape index (κ3) is 6.27. The first-order valence-corrected chi connectivity index (χ1v) is 7.16. The molecule has 1 aromatic carbocycles. The summed E-state index contributed by atoms with van der Waals surface area (Å²) in [5.41, 5.74) is 0.296. The molecule has 0 bridgehead atoms. The van der Waals surface area contributed by atoms with E-state index in [-0.39, 0.29) is 17.7 Å². The van der Waals surface area contributed by atoms with Crippen molar-refractivity contribution in [2.75, 3.05) is 5.33 Å². The lowest BCUT2D eigenvalue weighted by Gasteiger charge is -2.13. The van der Waals surface area contributed by atoms with Crippen LogP contribution in [0.2, 0.25) is 0 Å². The number of halogens is 4. The minimum Gasteiger partial charge on any atom is -0.406 e. The summed E-state index contributed by atoms with van der Waals surface area (Å²) in [5, 5.41) is 3.63. The Morgan fingerprint density at radius 3 is 2.45 bits per heavy atom. The Hall–Kier alpha value is -1.24. The fourth-order valence-electron chi connectivity index (χ4n) is 1.57. The molecule has 0 saturated heterocycles. The van der Waals surface area contributed by atoms with Crippen molar-refractivity contribution in [3.05, 3.63) is 29.8 Å². The summed E-state index contributed by atoms with van der Waals surface area (Å²) < 4.78 is 39.7. The molecule has 1 unspecified atom stereocenters. The van der Waals surface area contributed by atoms with Gasteiger partial charge in [0.25, 0.3) is 5.91 Å². The molecule has 1 rings (SSSR count). The van der Waals surface area contributed by atoms with E-state index in [1.807, 2.05) is 6.92 Å². The van der Waals surface area contributed by atoms with Crippen molar-refractivity contribution in [1.29, 1.82) is 0 Å². The van der Waals surface area contributed by atoms with Gasteiger partial charge in [-0.3, -0.25) is 4.79 Å². The van der Waals surface area contributed by atoms with Gasteiger partial charge < -0.3 is 10.1 Å². The number of nitrogens with one attached hydrogen (secondary N) is 1. The highest BCUT2D eigenvalue weighted by atomic mass is 79.9. The van der Waals surface area contributed by atoms with Gasteiger partial charge in [-0.2, -0.15) is 0 Å². The van der Waals surface area contributed by atoms with E-state index in [9.17, 15) is 18.0 Å². The van der Waals surface area contributed by atoms with Gasteiger partial charge in [-0.25, -0.2) is 0 Å². The summed E-state index contributed by atoms with van der Waals surface area (Å²) in [6.45, 7) is 1.88. The van der Waals surface area contributed by atoms with Crippen LogP contribution in [0, 0.1) is 0 Å². The molecule has 0 fully saturated rings. The molecular formula is C13H15BrF3NO2.